The van der Waals surface area contributed by atoms with Gasteiger partial charge >= 0.3 is 6.03 Å². The fraction of sp³-hybridized carbons (Fsp3) is 0.375. The van der Waals surface area contributed by atoms with Gasteiger partial charge in [0.05, 0.1) is 20.3 Å². The molecule has 2 amide bonds. The molecule has 32 heavy (non-hydrogen) atoms. The van der Waals surface area contributed by atoms with Crippen molar-refractivity contribution in [2.45, 2.75) is 32.4 Å². The first-order valence-corrected chi connectivity index (χ1v) is 11.6. The number of rotatable bonds is 7. The lowest BCUT2D eigenvalue weighted by Crippen LogP contribution is -2.34. The maximum Gasteiger partial charge on any atom is 0.319 e. The number of carbonyl (C=O) groups excluding carboxylic acids is 1. The van der Waals surface area contributed by atoms with Crippen molar-refractivity contribution < 1.29 is 14.3 Å². The minimum Gasteiger partial charge on any atom is -0.493 e. The van der Waals surface area contributed by atoms with Crippen molar-refractivity contribution >= 4 is 23.1 Å². The van der Waals surface area contributed by atoms with E-state index in [0.717, 1.165) is 25.9 Å². The van der Waals surface area contributed by atoms with Gasteiger partial charge in [-0.1, -0.05) is 6.92 Å². The van der Waals surface area contributed by atoms with E-state index in [2.05, 4.69) is 46.5 Å². The van der Waals surface area contributed by atoms with Crippen LogP contribution in [0.1, 0.15) is 35.4 Å². The molecule has 1 aliphatic rings. The monoisotopic (exact) mass is 454 g/mol. The number of hydrogen-bond donors (Lipinski definition) is 2. The fourth-order valence-corrected chi connectivity index (χ4v) is 5.64. The van der Waals surface area contributed by atoms with Crippen LogP contribution < -0.4 is 20.1 Å². The molecule has 1 aliphatic heterocycles. The molecule has 0 saturated heterocycles. The number of carbonyl (C=O) groups is 1. The van der Waals surface area contributed by atoms with E-state index in [9.17, 15) is 4.79 Å². The zero-order valence-corrected chi connectivity index (χ0v) is 19.8. The number of aromatic nitrogens is 1. The molecule has 0 radical (unpaired) electrons. The summed E-state index contributed by atoms with van der Waals surface area (Å²) in [6.45, 7) is 4.08. The molecule has 3 heterocycles. The maximum absolute atomic E-state index is 12.9. The number of likely N-dealkylation sites (N-methyl/N-ethyl adjacent to an activating group) is 1. The molecule has 0 saturated carbocycles. The average Bonchev–Trinajstić information content (AvgIpc) is 3.45. The lowest BCUT2D eigenvalue weighted by atomic mass is 9.96. The smallest absolute Gasteiger partial charge is 0.319 e. The van der Waals surface area contributed by atoms with E-state index >= 15 is 0 Å². The van der Waals surface area contributed by atoms with E-state index in [4.69, 9.17) is 9.47 Å². The number of urea groups is 1. The molecule has 3 aromatic rings. The predicted octanol–water partition coefficient (Wildman–Crippen LogP) is 4.82. The van der Waals surface area contributed by atoms with Crippen LogP contribution >= 0.6 is 11.3 Å². The number of thiophene rings is 1. The summed E-state index contributed by atoms with van der Waals surface area (Å²) in [5.41, 5.74) is 3.27. The predicted molar refractivity (Wildman–Crippen MR) is 128 cm³/mol. The SMILES string of the molecule is CC[C@H](NC(=O)Nc1ccc(OC)c(OC)c1)c1c(-n2cccc2)sc2c1CCN(C)C2. The van der Waals surface area contributed by atoms with Gasteiger partial charge in [0.1, 0.15) is 5.00 Å². The van der Waals surface area contributed by atoms with E-state index in [-0.39, 0.29) is 12.1 Å². The standard InChI is InChI=1S/C24H30N4O3S/c1-5-18(26-24(29)25-16-8-9-19(30-3)20(14-16)31-4)22-17-10-13-27(2)15-21(17)32-23(22)28-11-6-7-12-28/h6-9,11-12,14,18H,5,10,13,15H2,1-4H3,(H2,25,26,29)/t18-/m0/s1. The first-order valence-electron chi connectivity index (χ1n) is 10.8. The normalized spacial score (nSPS) is 14.5. The summed E-state index contributed by atoms with van der Waals surface area (Å²) in [5, 5.41) is 7.33. The van der Waals surface area contributed by atoms with Gasteiger partial charge in [-0.2, -0.15) is 0 Å². The molecule has 4 rings (SSSR count). The number of anilines is 1. The zero-order valence-electron chi connectivity index (χ0n) is 19.0. The van der Waals surface area contributed by atoms with Gasteiger partial charge in [0, 0.05) is 47.7 Å². The highest BCUT2D eigenvalue weighted by Crippen LogP contribution is 2.40. The molecule has 0 bridgehead atoms. The molecule has 0 spiro atoms. The number of nitrogens with zero attached hydrogens (tertiary/aromatic N) is 2. The Balaban J connectivity index is 1.59. The van der Waals surface area contributed by atoms with Gasteiger partial charge in [0.15, 0.2) is 11.5 Å². The number of fused-ring (bicyclic) bond motifs is 1. The number of hydrogen-bond acceptors (Lipinski definition) is 5. The van der Waals surface area contributed by atoms with Crippen LogP contribution in [-0.2, 0) is 13.0 Å². The average molecular weight is 455 g/mol. The number of benzene rings is 1. The third kappa shape index (κ3) is 4.47. The summed E-state index contributed by atoms with van der Waals surface area (Å²) in [6, 6.07) is 9.08. The molecule has 2 aromatic heterocycles. The summed E-state index contributed by atoms with van der Waals surface area (Å²) in [6.07, 6.45) is 5.93. The van der Waals surface area contributed by atoms with Crippen LogP contribution in [0, 0.1) is 0 Å². The Morgan fingerprint density at radius 3 is 2.62 bits per heavy atom. The van der Waals surface area contributed by atoms with E-state index in [1.165, 1.54) is 21.0 Å². The molecular weight excluding hydrogens is 424 g/mol. The van der Waals surface area contributed by atoms with E-state index in [1.807, 2.05) is 23.5 Å². The van der Waals surface area contributed by atoms with Crippen molar-refractivity contribution in [1.82, 2.24) is 14.8 Å². The van der Waals surface area contributed by atoms with Crippen molar-refractivity contribution in [3.05, 3.63) is 58.7 Å². The van der Waals surface area contributed by atoms with Crippen LogP contribution in [0.5, 0.6) is 11.5 Å². The molecular formula is C24H30N4O3S. The van der Waals surface area contributed by atoms with Crippen molar-refractivity contribution in [3.8, 4) is 16.5 Å². The van der Waals surface area contributed by atoms with Crippen LogP contribution in [0.2, 0.25) is 0 Å². The van der Waals surface area contributed by atoms with Crippen molar-refractivity contribution in [2.24, 2.45) is 0 Å². The third-order valence-electron chi connectivity index (χ3n) is 5.81. The molecule has 8 heteroatoms. The number of methoxy groups -OCH3 is 2. The molecule has 2 N–H and O–H groups in total. The van der Waals surface area contributed by atoms with E-state index in [0.29, 0.717) is 17.2 Å². The minimum atomic E-state index is -0.240. The maximum atomic E-state index is 12.9. The first kappa shape index (κ1) is 22.2. The van der Waals surface area contributed by atoms with Gasteiger partial charge in [-0.25, -0.2) is 4.79 Å². The second-order valence-electron chi connectivity index (χ2n) is 7.93. The minimum absolute atomic E-state index is 0.0871. The Morgan fingerprint density at radius 1 is 1.19 bits per heavy atom. The van der Waals surface area contributed by atoms with Crippen LogP contribution in [-0.4, -0.2) is 43.3 Å². The number of nitrogens with one attached hydrogen (secondary N) is 2. The van der Waals surface area contributed by atoms with Crippen LogP contribution in [0.4, 0.5) is 10.5 Å². The second kappa shape index (κ2) is 9.67. The largest absolute Gasteiger partial charge is 0.493 e. The molecule has 7 nitrogen and oxygen atoms in total. The highest BCUT2D eigenvalue weighted by Gasteiger charge is 2.28. The highest BCUT2D eigenvalue weighted by molar-refractivity contribution is 7.15. The quantitative estimate of drug-likeness (QED) is 0.537. The lowest BCUT2D eigenvalue weighted by Gasteiger charge is -2.25. The Bertz CT molecular complexity index is 1080. The second-order valence-corrected chi connectivity index (χ2v) is 9.01. The molecule has 0 unspecified atom stereocenters. The lowest BCUT2D eigenvalue weighted by molar-refractivity contribution is 0.248. The Kier molecular flexibility index (Phi) is 6.72. The molecule has 1 atom stereocenters. The number of amides is 2. The van der Waals surface area contributed by atoms with Crippen molar-refractivity contribution in [2.75, 3.05) is 33.1 Å². The van der Waals surface area contributed by atoms with E-state index < -0.39 is 0 Å². The van der Waals surface area contributed by atoms with Crippen molar-refractivity contribution in [3.63, 3.8) is 0 Å². The third-order valence-corrected chi connectivity index (χ3v) is 7.06. The summed E-state index contributed by atoms with van der Waals surface area (Å²) in [5.74, 6) is 1.19. The summed E-state index contributed by atoms with van der Waals surface area (Å²) in [4.78, 5) is 16.7. The van der Waals surface area contributed by atoms with Gasteiger partial charge in [-0.15, -0.1) is 11.3 Å². The fourth-order valence-electron chi connectivity index (χ4n) is 4.18. The Morgan fingerprint density at radius 2 is 1.94 bits per heavy atom. The van der Waals surface area contributed by atoms with Crippen molar-refractivity contribution in [1.29, 1.82) is 0 Å². The zero-order chi connectivity index (χ0) is 22.7. The highest BCUT2D eigenvalue weighted by atomic mass is 32.1. The van der Waals surface area contributed by atoms with Crippen LogP contribution in [0.15, 0.2) is 42.7 Å². The van der Waals surface area contributed by atoms with Gasteiger partial charge in [0.25, 0.3) is 0 Å². The topological polar surface area (TPSA) is 67.8 Å². The Hall–Kier alpha value is -2.97. The summed E-state index contributed by atoms with van der Waals surface area (Å²) in [7, 11) is 5.32. The van der Waals surface area contributed by atoms with Gasteiger partial charge < -0.3 is 29.6 Å². The summed E-state index contributed by atoms with van der Waals surface area (Å²) < 4.78 is 12.8. The van der Waals surface area contributed by atoms with Crippen LogP contribution in [0.3, 0.4) is 0 Å². The Labute approximate surface area is 192 Å². The van der Waals surface area contributed by atoms with Gasteiger partial charge in [-0.3, -0.25) is 0 Å². The van der Waals surface area contributed by atoms with Gasteiger partial charge in [-0.05, 0) is 49.7 Å². The molecule has 1 aromatic carbocycles. The van der Waals surface area contributed by atoms with E-state index in [1.54, 1.807) is 32.4 Å². The van der Waals surface area contributed by atoms with Crippen LogP contribution in [0.25, 0.3) is 5.00 Å². The van der Waals surface area contributed by atoms with Gasteiger partial charge in [0.2, 0.25) is 0 Å². The number of ether oxygens (including phenoxy) is 2. The molecule has 170 valence electrons. The molecule has 0 aliphatic carbocycles. The first-order chi connectivity index (χ1) is 15.5. The summed E-state index contributed by atoms with van der Waals surface area (Å²) >= 11 is 1.83. The molecule has 0 fully saturated rings.